The molecule has 0 amide bonds. The SMILES string of the molecule is C(=NCCc1c[nH]c2ccccc12)c1ccc2c(c1)CCO2. The van der Waals surface area contributed by atoms with E-state index in [4.69, 9.17) is 4.74 Å². The Morgan fingerprint density at radius 2 is 2.14 bits per heavy atom. The summed E-state index contributed by atoms with van der Waals surface area (Å²) in [6, 6.07) is 14.7. The lowest BCUT2D eigenvalue weighted by Crippen LogP contribution is -1.90. The fourth-order valence-electron chi connectivity index (χ4n) is 2.98. The van der Waals surface area contributed by atoms with Crippen LogP contribution in [0, 0.1) is 0 Å². The van der Waals surface area contributed by atoms with Crippen LogP contribution in [0.1, 0.15) is 16.7 Å². The lowest BCUT2D eigenvalue weighted by molar-refractivity contribution is 0.357. The van der Waals surface area contributed by atoms with E-state index < -0.39 is 0 Å². The van der Waals surface area contributed by atoms with E-state index in [-0.39, 0.29) is 0 Å². The normalized spacial score (nSPS) is 13.6. The van der Waals surface area contributed by atoms with E-state index >= 15 is 0 Å². The monoisotopic (exact) mass is 290 g/mol. The van der Waals surface area contributed by atoms with Crippen molar-refractivity contribution in [2.24, 2.45) is 4.99 Å². The van der Waals surface area contributed by atoms with Gasteiger partial charge in [-0.2, -0.15) is 0 Å². The van der Waals surface area contributed by atoms with Crippen molar-refractivity contribution in [3.63, 3.8) is 0 Å². The first-order valence-corrected chi connectivity index (χ1v) is 7.71. The van der Waals surface area contributed by atoms with Crippen molar-refractivity contribution in [1.82, 2.24) is 4.98 Å². The second-order valence-corrected chi connectivity index (χ2v) is 5.61. The van der Waals surface area contributed by atoms with Crippen LogP contribution in [0.3, 0.4) is 0 Å². The molecule has 3 heteroatoms. The summed E-state index contributed by atoms with van der Waals surface area (Å²) in [5, 5.41) is 1.30. The third kappa shape index (κ3) is 2.50. The van der Waals surface area contributed by atoms with Gasteiger partial charge < -0.3 is 9.72 Å². The van der Waals surface area contributed by atoms with Gasteiger partial charge in [-0.1, -0.05) is 18.2 Å². The van der Waals surface area contributed by atoms with Gasteiger partial charge >= 0.3 is 0 Å². The van der Waals surface area contributed by atoms with E-state index in [2.05, 4.69) is 52.6 Å². The molecule has 22 heavy (non-hydrogen) atoms. The second-order valence-electron chi connectivity index (χ2n) is 5.61. The molecule has 4 rings (SSSR count). The van der Waals surface area contributed by atoms with Gasteiger partial charge in [0.2, 0.25) is 0 Å². The van der Waals surface area contributed by atoms with Crippen LogP contribution in [0.25, 0.3) is 10.9 Å². The second kappa shape index (κ2) is 5.68. The number of hydrogen-bond donors (Lipinski definition) is 1. The maximum atomic E-state index is 5.52. The number of para-hydroxylation sites is 1. The Balaban J connectivity index is 1.42. The van der Waals surface area contributed by atoms with Gasteiger partial charge in [-0.15, -0.1) is 0 Å². The fourth-order valence-corrected chi connectivity index (χ4v) is 2.98. The number of aromatic amines is 1. The van der Waals surface area contributed by atoms with Crippen LogP contribution in [-0.2, 0) is 12.8 Å². The molecule has 1 aromatic heterocycles. The van der Waals surface area contributed by atoms with E-state index in [1.807, 2.05) is 12.3 Å². The van der Waals surface area contributed by atoms with Crippen LogP contribution in [0.15, 0.2) is 53.7 Å². The maximum absolute atomic E-state index is 5.52. The highest BCUT2D eigenvalue weighted by Crippen LogP contribution is 2.25. The molecule has 0 radical (unpaired) electrons. The third-order valence-corrected chi connectivity index (χ3v) is 4.14. The van der Waals surface area contributed by atoms with E-state index in [1.165, 1.54) is 22.0 Å². The molecule has 0 atom stereocenters. The van der Waals surface area contributed by atoms with Crippen LogP contribution in [0.4, 0.5) is 0 Å². The number of benzene rings is 2. The average Bonchev–Trinajstić information content (AvgIpc) is 3.18. The lowest BCUT2D eigenvalue weighted by atomic mass is 10.1. The summed E-state index contributed by atoms with van der Waals surface area (Å²) in [6.45, 7) is 1.60. The lowest BCUT2D eigenvalue weighted by Gasteiger charge is -1.99. The molecule has 0 bridgehead atoms. The Labute approximate surface area is 129 Å². The maximum Gasteiger partial charge on any atom is 0.122 e. The van der Waals surface area contributed by atoms with E-state index in [0.29, 0.717) is 0 Å². The van der Waals surface area contributed by atoms with Crippen molar-refractivity contribution in [1.29, 1.82) is 0 Å². The molecule has 110 valence electrons. The van der Waals surface area contributed by atoms with Crippen LogP contribution in [0.2, 0.25) is 0 Å². The minimum absolute atomic E-state index is 0.801. The molecular weight excluding hydrogens is 272 g/mol. The third-order valence-electron chi connectivity index (χ3n) is 4.14. The first-order valence-electron chi connectivity index (χ1n) is 7.71. The highest BCUT2D eigenvalue weighted by molar-refractivity contribution is 5.83. The minimum atomic E-state index is 0.801. The predicted octanol–water partition coefficient (Wildman–Crippen LogP) is 3.76. The van der Waals surface area contributed by atoms with Gasteiger partial charge in [-0.25, -0.2) is 0 Å². The summed E-state index contributed by atoms with van der Waals surface area (Å²) >= 11 is 0. The van der Waals surface area contributed by atoms with Gasteiger partial charge in [0.15, 0.2) is 0 Å². The summed E-state index contributed by atoms with van der Waals surface area (Å²) in [7, 11) is 0. The molecule has 2 heterocycles. The molecule has 2 aromatic carbocycles. The zero-order valence-electron chi connectivity index (χ0n) is 12.4. The quantitative estimate of drug-likeness (QED) is 0.730. The standard InChI is InChI=1S/C19H18N2O/c1-2-4-18-17(3-1)16(13-21-18)7-9-20-12-14-5-6-19-15(11-14)8-10-22-19/h1-6,11-13,21H,7-10H2. The average molecular weight is 290 g/mol. The van der Waals surface area contributed by atoms with Gasteiger partial charge in [0.25, 0.3) is 0 Å². The molecule has 0 saturated carbocycles. The first-order chi connectivity index (χ1) is 10.9. The summed E-state index contributed by atoms with van der Waals surface area (Å²) in [4.78, 5) is 7.88. The number of H-pyrrole nitrogens is 1. The predicted molar refractivity (Wildman–Crippen MR) is 90.1 cm³/mol. The summed E-state index contributed by atoms with van der Waals surface area (Å²) in [6.07, 6.45) is 6.02. The Morgan fingerprint density at radius 1 is 1.18 bits per heavy atom. The van der Waals surface area contributed by atoms with Crippen molar-refractivity contribution in [3.05, 3.63) is 65.4 Å². The number of hydrogen-bond acceptors (Lipinski definition) is 2. The Morgan fingerprint density at radius 3 is 3.14 bits per heavy atom. The van der Waals surface area contributed by atoms with Crippen LogP contribution in [0.5, 0.6) is 5.75 Å². The molecule has 1 aliphatic rings. The van der Waals surface area contributed by atoms with Crippen molar-refractivity contribution >= 4 is 17.1 Å². The number of aromatic nitrogens is 1. The molecule has 1 N–H and O–H groups in total. The van der Waals surface area contributed by atoms with Gasteiger partial charge in [0.1, 0.15) is 5.75 Å². The Bertz CT molecular complexity index is 832. The van der Waals surface area contributed by atoms with E-state index in [9.17, 15) is 0 Å². The Hall–Kier alpha value is -2.55. The number of fused-ring (bicyclic) bond motifs is 2. The zero-order valence-corrected chi connectivity index (χ0v) is 12.4. The number of rotatable bonds is 4. The minimum Gasteiger partial charge on any atom is -0.493 e. The van der Waals surface area contributed by atoms with Gasteiger partial charge in [0.05, 0.1) is 6.61 Å². The fraction of sp³-hybridized carbons (Fsp3) is 0.211. The largest absolute Gasteiger partial charge is 0.493 e. The summed E-state index contributed by atoms with van der Waals surface area (Å²) in [5.41, 5.74) is 4.97. The van der Waals surface area contributed by atoms with Crippen molar-refractivity contribution in [2.45, 2.75) is 12.8 Å². The van der Waals surface area contributed by atoms with Crippen LogP contribution in [-0.4, -0.2) is 24.4 Å². The molecular formula is C19H18N2O. The molecule has 3 nitrogen and oxygen atoms in total. The highest BCUT2D eigenvalue weighted by Gasteiger charge is 2.11. The van der Waals surface area contributed by atoms with Gasteiger partial charge in [-0.3, -0.25) is 4.99 Å². The number of nitrogens with one attached hydrogen (secondary N) is 1. The molecule has 1 aliphatic heterocycles. The Kier molecular flexibility index (Phi) is 3.39. The van der Waals surface area contributed by atoms with Crippen LogP contribution >= 0.6 is 0 Å². The number of nitrogens with zero attached hydrogens (tertiary/aromatic N) is 1. The molecule has 0 unspecified atom stereocenters. The van der Waals surface area contributed by atoms with E-state index in [1.54, 1.807) is 0 Å². The molecule has 0 fully saturated rings. The smallest absolute Gasteiger partial charge is 0.122 e. The van der Waals surface area contributed by atoms with Crippen molar-refractivity contribution < 1.29 is 4.74 Å². The van der Waals surface area contributed by atoms with Crippen LogP contribution < -0.4 is 4.74 Å². The topological polar surface area (TPSA) is 37.4 Å². The van der Waals surface area contributed by atoms with Crippen molar-refractivity contribution in [3.8, 4) is 5.75 Å². The number of aliphatic imine (C=N–C) groups is 1. The van der Waals surface area contributed by atoms with Gasteiger partial charge in [-0.05, 0) is 47.4 Å². The summed E-state index contributed by atoms with van der Waals surface area (Å²) in [5.74, 6) is 1.02. The number of ether oxygens (including phenoxy) is 1. The first kappa shape index (κ1) is 13.1. The van der Waals surface area contributed by atoms with Gasteiger partial charge in [0, 0.05) is 36.3 Å². The molecule has 0 aliphatic carbocycles. The zero-order chi connectivity index (χ0) is 14.8. The van der Waals surface area contributed by atoms with Crippen molar-refractivity contribution in [2.75, 3.05) is 13.2 Å². The summed E-state index contributed by atoms with van der Waals surface area (Å²) < 4.78 is 5.52. The highest BCUT2D eigenvalue weighted by atomic mass is 16.5. The van der Waals surface area contributed by atoms with E-state index in [0.717, 1.165) is 37.3 Å². The molecule has 0 spiro atoms. The molecule has 3 aromatic rings. The molecule has 0 saturated heterocycles.